The lowest BCUT2D eigenvalue weighted by atomic mass is 10.2. The van der Waals surface area contributed by atoms with Gasteiger partial charge in [-0.05, 0) is 25.0 Å². The number of amides is 1. The number of nitrogens with one attached hydrogen (secondary N) is 1. The second-order valence-corrected chi connectivity index (χ2v) is 5.37. The highest BCUT2D eigenvalue weighted by atomic mass is 16.5. The first-order valence-electron chi connectivity index (χ1n) is 7.83. The van der Waals surface area contributed by atoms with Gasteiger partial charge in [-0.3, -0.25) is 4.79 Å². The summed E-state index contributed by atoms with van der Waals surface area (Å²) in [6.07, 6.45) is 1.02. The van der Waals surface area contributed by atoms with Crippen LogP contribution in [0.1, 0.15) is 18.4 Å². The van der Waals surface area contributed by atoms with Crippen LogP contribution in [0.25, 0.3) is 0 Å². The Hall–Kier alpha value is -2.69. The van der Waals surface area contributed by atoms with Crippen molar-refractivity contribution in [3.63, 3.8) is 0 Å². The zero-order chi connectivity index (χ0) is 17.4. The Balaban J connectivity index is 1.80. The normalized spacial score (nSPS) is 10.1. The van der Waals surface area contributed by atoms with Crippen LogP contribution in [-0.2, 0) is 4.79 Å². The average Bonchev–Trinajstić information content (AvgIpc) is 2.59. The van der Waals surface area contributed by atoms with E-state index in [0.717, 1.165) is 11.3 Å². The van der Waals surface area contributed by atoms with Crippen LogP contribution in [-0.4, -0.2) is 26.7 Å². The second kappa shape index (κ2) is 8.82. The van der Waals surface area contributed by atoms with Crippen molar-refractivity contribution in [2.45, 2.75) is 19.8 Å². The van der Waals surface area contributed by atoms with Crippen LogP contribution in [0.3, 0.4) is 0 Å². The smallest absolute Gasteiger partial charge is 0.224 e. The molecule has 0 unspecified atom stereocenters. The summed E-state index contributed by atoms with van der Waals surface area (Å²) in [7, 11) is 3.15. The average molecular weight is 329 g/mol. The molecule has 24 heavy (non-hydrogen) atoms. The molecule has 0 atom stereocenters. The largest absolute Gasteiger partial charge is 0.497 e. The van der Waals surface area contributed by atoms with Crippen molar-refractivity contribution in [1.82, 2.24) is 0 Å². The van der Waals surface area contributed by atoms with Gasteiger partial charge < -0.3 is 19.5 Å². The van der Waals surface area contributed by atoms with Crippen molar-refractivity contribution in [2.24, 2.45) is 0 Å². The van der Waals surface area contributed by atoms with Crippen LogP contribution in [0, 0.1) is 6.92 Å². The number of carbonyl (C=O) groups excluding carboxylic acids is 1. The third-order valence-corrected chi connectivity index (χ3v) is 3.53. The van der Waals surface area contributed by atoms with E-state index in [1.807, 2.05) is 31.2 Å². The fourth-order valence-corrected chi connectivity index (χ4v) is 2.24. The van der Waals surface area contributed by atoms with Gasteiger partial charge in [0.05, 0.1) is 20.8 Å². The molecular formula is C19H23NO4. The summed E-state index contributed by atoms with van der Waals surface area (Å²) < 4.78 is 16.1. The highest BCUT2D eigenvalue weighted by molar-refractivity contribution is 5.91. The number of hydrogen-bond acceptors (Lipinski definition) is 4. The standard InChI is InChI=1S/C19H23NO4/c1-14-7-4-5-8-18(14)24-10-6-9-19(21)20-15-11-16(22-2)13-17(12-15)23-3/h4-5,7-8,11-13H,6,9-10H2,1-3H3,(H,20,21). The summed E-state index contributed by atoms with van der Waals surface area (Å²) >= 11 is 0. The van der Waals surface area contributed by atoms with Gasteiger partial charge in [0.25, 0.3) is 0 Å². The van der Waals surface area contributed by atoms with Crippen molar-refractivity contribution < 1.29 is 19.0 Å². The van der Waals surface area contributed by atoms with Crippen LogP contribution in [0.4, 0.5) is 5.69 Å². The molecular weight excluding hydrogens is 306 g/mol. The lowest BCUT2D eigenvalue weighted by Crippen LogP contribution is -2.13. The van der Waals surface area contributed by atoms with E-state index in [0.29, 0.717) is 36.6 Å². The number of rotatable bonds is 8. The fourth-order valence-electron chi connectivity index (χ4n) is 2.24. The molecule has 0 bridgehead atoms. The van der Waals surface area contributed by atoms with Crippen LogP contribution < -0.4 is 19.5 Å². The predicted molar refractivity (Wildman–Crippen MR) is 94.1 cm³/mol. The molecule has 0 heterocycles. The third-order valence-electron chi connectivity index (χ3n) is 3.53. The Morgan fingerprint density at radius 3 is 2.33 bits per heavy atom. The maximum absolute atomic E-state index is 12.0. The summed E-state index contributed by atoms with van der Waals surface area (Å²) in [5, 5.41) is 2.85. The van der Waals surface area contributed by atoms with E-state index in [2.05, 4.69) is 5.32 Å². The van der Waals surface area contributed by atoms with Crippen molar-refractivity contribution in [1.29, 1.82) is 0 Å². The molecule has 0 spiro atoms. The highest BCUT2D eigenvalue weighted by Gasteiger charge is 2.07. The van der Waals surface area contributed by atoms with Gasteiger partial charge >= 0.3 is 0 Å². The van der Waals surface area contributed by atoms with Crippen LogP contribution >= 0.6 is 0 Å². The molecule has 2 aromatic carbocycles. The summed E-state index contributed by atoms with van der Waals surface area (Å²) in [5.41, 5.74) is 1.74. The quantitative estimate of drug-likeness (QED) is 0.748. The number of anilines is 1. The van der Waals surface area contributed by atoms with E-state index in [1.165, 1.54) is 0 Å². The number of methoxy groups -OCH3 is 2. The van der Waals surface area contributed by atoms with Gasteiger partial charge in [0.15, 0.2) is 0 Å². The SMILES string of the molecule is COc1cc(NC(=O)CCCOc2ccccc2C)cc(OC)c1. The third kappa shape index (κ3) is 5.19. The Morgan fingerprint density at radius 1 is 1.04 bits per heavy atom. The first kappa shape index (κ1) is 17.7. The van der Waals surface area contributed by atoms with Gasteiger partial charge in [0.2, 0.25) is 5.91 Å². The summed E-state index contributed by atoms with van der Waals surface area (Å²) in [5.74, 6) is 2.05. The van der Waals surface area contributed by atoms with Crippen molar-refractivity contribution in [3.8, 4) is 17.2 Å². The molecule has 0 fully saturated rings. The van der Waals surface area contributed by atoms with E-state index in [-0.39, 0.29) is 5.91 Å². The first-order chi connectivity index (χ1) is 11.6. The zero-order valence-electron chi connectivity index (χ0n) is 14.3. The maximum Gasteiger partial charge on any atom is 0.224 e. The Morgan fingerprint density at radius 2 is 1.71 bits per heavy atom. The molecule has 1 N–H and O–H groups in total. The van der Waals surface area contributed by atoms with Gasteiger partial charge in [-0.2, -0.15) is 0 Å². The number of ether oxygens (including phenoxy) is 3. The minimum atomic E-state index is -0.0707. The first-order valence-corrected chi connectivity index (χ1v) is 7.83. The molecule has 5 nitrogen and oxygen atoms in total. The molecule has 0 radical (unpaired) electrons. The highest BCUT2D eigenvalue weighted by Crippen LogP contribution is 2.25. The van der Waals surface area contributed by atoms with Crippen LogP contribution in [0.2, 0.25) is 0 Å². The predicted octanol–water partition coefficient (Wildman–Crippen LogP) is 3.81. The van der Waals surface area contributed by atoms with Gasteiger partial charge in [0, 0.05) is 30.3 Å². The number of aryl methyl sites for hydroxylation is 1. The van der Waals surface area contributed by atoms with Crippen LogP contribution in [0.15, 0.2) is 42.5 Å². The molecule has 128 valence electrons. The summed E-state index contributed by atoms with van der Waals surface area (Å²) in [6.45, 7) is 2.50. The van der Waals surface area contributed by atoms with Gasteiger partial charge in [-0.25, -0.2) is 0 Å². The van der Waals surface area contributed by atoms with E-state index < -0.39 is 0 Å². The lowest BCUT2D eigenvalue weighted by Gasteiger charge is -2.11. The lowest BCUT2D eigenvalue weighted by molar-refractivity contribution is -0.116. The van der Waals surface area contributed by atoms with E-state index >= 15 is 0 Å². The van der Waals surface area contributed by atoms with E-state index in [4.69, 9.17) is 14.2 Å². The molecule has 2 aromatic rings. The summed E-state index contributed by atoms with van der Waals surface area (Å²) in [4.78, 5) is 12.0. The molecule has 0 saturated carbocycles. The Bertz CT molecular complexity index is 663. The van der Waals surface area contributed by atoms with E-state index in [1.54, 1.807) is 32.4 Å². The van der Waals surface area contributed by atoms with Crippen molar-refractivity contribution in [2.75, 3.05) is 26.1 Å². The second-order valence-electron chi connectivity index (χ2n) is 5.37. The molecule has 5 heteroatoms. The van der Waals surface area contributed by atoms with E-state index in [9.17, 15) is 4.79 Å². The molecule has 0 aromatic heterocycles. The zero-order valence-corrected chi connectivity index (χ0v) is 14.3. The van der Waals surface area contributed by atoms with Gasteiger partial charge in [-0.1, -0.05) is 18.2 Å². The Labute approximate surface area is 142 Å². The number of hydrogen-bond donors (Lipinski definition) is 1. The van der Waals surface area contributed by atoms with Gasteiger partial charge in [-0.15, -0.1) is 0 Å². The molecule has 0 aliphatic heterocycles. The molecule has 2 rings (SSSR count). The minimum Gasteiger partial charge on any atom is -0.497 e. The van der Waals surface area contributed by atoms with Crippen molar-refractivity contribution in [3.05, 3.63) is 48.0 Å². The van der Waals surface area contributed by atoms with Crippen LogP contribution in [0.5, 0.6) is 17.2 Å². The number of carbonyl (C=O) groups is 1. The molecule has 0 aliphatic rings. The number of benzene rings is 2. The number of para-hydroxylation sites is 1. The Kier molecular flexibility index (Phi) is 6.49. The topological polar surface area (TPSA) is 56.8 Å². The fraction of sp³-hybridized carbons (Fsp3) is 0.316. The van der Waals surface area contributed by atoms with Crippen molar-refractivity contribution >= 4 is 11.6 Å². The monoisotopic (exact) mass is 329 g/mol. The summed E-state index contributed by atoms with van der Waals surface area (Å²) in [6, 6.07) is 13.1. The molecule has 0 saturated heterocycles. The molecule has 1 amide bonds. The molecule has 0 aliphatic carbocycles. The van der Waals surface area contributed by atoms with Gasteiger partial charge in [0.1, 0.15) is 17.2 Å². The minimum absolute atomic E-state index is 0.0707. The maximum atomic E-state index is 12.0.